The highest BCUT2D eigenvalue weighted by atomic mass is 16.2. The lowest BCUT2D eigenvalue weighted by Gasteiger charge is -2.25. The molecule has 0 saturated heterocycles. The van der Waals surface area contributed by atoms with Crippen LogP contribution in [0.4, 0.5) is 0 Å². The first-order valence-electron chi connectivity index (χ1n) is 7.04. The van der Waals surface area contributed by atoms with Crippen LogP contribution in [-0.2, 0) is 4.79 Å². The average molecular weight is 287 g/mol. The van der Waals surface area contributed by atoms with Gasteiger partial charge in [-0.25, -0.2) is 9.67 Å². The molecule has 6 heteroatoms. The summed E-state index contributed by atoms with van der Waals surface area (Å²) in [5.41, 5.74) is 7.47. The summed E-state index contributed by atoms with van der Waals surface area (Å²) in [5.74, 6) is 0.119. The number of nitrogens with two attached hydrogens (primary N) is 1. The van der Waals surface area contributed by atoms with Crippen LogP contribution in [0.25, 0.3) is 5.69 Å². The van der Waals surface area contributed by atoms with Crippen LogP contribution in [0.3, 0.4) is 0 Å². The van der Waals surface area contributed by atoms with E-state index < -0.39 is 0 Å². The molecule has 1 aromatic heterocycles. The third-order valence-corrected chi connectivity index (χ3v) is 3.63. The van der Waals surface area contributed by atoms with Gasteiger partial charge < -0.3 is 10.6 Å². The number of benzene rings is 1. The largest absolute Gasteiger partial charge is 0.339 e. The average Bonchev–Trinajstić information content (AvgIpc) is 3.05. The van der Waals surface area contributed by atoms with Crippen molar-refractivity contribution in [2.24, 2.45) is 5.73 Å². The van der Waals surface area contributed by atoms with E-state index in [1.54, 1.807) is 15.9 Å². The summed E-state index contributed by atoms with van der Waals surface area (Å²) in [4.78, 5) is 17.7. The van der Waals surface area contributed by atoms with Crippen molar-refractivity contribution in [3.8, 4) is 5.69 Å². The molecular formula is C15H21N5O. The topological polar surface area (TPSA) is 77.0 Å². The van der Waals surface area contributed by atoms with Gasteiger partial charge >= 0.3 is 0 Å². The summed E-state index contributed by atoms with van der Waals surface area (Å²) < 4.78 is 1.70. The van der Waals surface area contributed by atoms with Crippen LogP contribution in [0.15, 0.2) is 36.9 Å². The number of amides is 1. The van der Waals surface area contributed by atoms with E-state index in [1.165, 1.54) is 6.33 Å². The Morgan fingerprint density at radius 1 is 1.38 bits per heavy atom. The molecule has 1 amide bonds. The van der Waals surface area contributed by atoms with E-state index in [4.69, 9.17) is 5.73 Å². The molecule has 2 N–H and O–H groups in total. The standard InChI is InChI=1S/C15H21N5O/c1-12(19(2)15(21)4-3-9-16)13-5-7-14(8-6-13)20-11-17-10-18-20/h5-8,10-12H,3-4,9,16H2,1-2H3. The van der Waals surface area contributed by atoms with Crippen molar-refractivity contribution in [3.63, 3.8) is 0 Å². The fraction of sp³-hybridized carbons (Fsp3) is 0.400. The zero-order valence-electron chi connectivity index (χ0n) is 12.4. The highest BCUT2D eigenvalue weighted by molar-refractivity contribution is 5.76. The van der Waals surface area contributed by atoms with Gasteiger partial charge in [-0.3, -0.25) is 4.79 Å². The van der Waals surface area contributed by atoms with E-state index in [1.807, 2.05) is 38.2 Å². The van der Waals surface area contributed by atoms with Crippen molar-refractivity contribution in [1.29, 1.82) is 0 Å². The Morgan fingerprint density at radius 2 is 2.10 bits per heavy atom. The van der Waals surface area contributed by atoms with E-state index in [0.29, 0.717) is 13.0 Å². The third-order valence-electron chi connectivity index (χ3n) is 3.63. The third kappa shape index (κ3) is 3.66. The van der Waals surface area contributed by atoms with E-state index in [9.17, 15) is 4.79 Å². The van der Waals surface area contributed by atoms with Crippen molar-refractivity contribution in [2.45, 2.75) is 25.8 Å². The number of rotatable bonds is 6. The van der Waals surface area contributed by atoms with E-state index in [2.05, 4.69) is 10.1 Å². The van der Waals surface area contributed by atoms with Crippen LogP contribution in [0, 0.1) is 0 Å². The van der Waals surface area contributed by atoms with Crippen LogP contribution in [0.2, 0.25) is 0 Å². The van der Waals surface area contributed by atoms with Gasteiger partial charge in [-0.15, -0.1) is 0 Å². The Hall–Kier alpha value is -2.21. The van der Waals surface area contributed by atoms with Crippen LogP contribution in [-0.4, -0.2) is 39.2 Å². The lowest BCUT2D eigenvalue weighted by atomic mass is 10.1. The molecule has 1 heterocycles. The van der Waals surface area contributed by atoms with Gasteiger partial charge in [-0.2, -0.15) is 5.10 Å². The van der Waals surface area contributed by atoms with Gasteiger partial charge in [0.05, 0.1) is 11.7 Å². The zero-order chi connectivity index (χ0) is 15.2. The minimum Gasteiger partial charge on any atom is -0.339 e. The first-order valence-corrected chi connectivity index (χ1v) is 7.04. The van der Waals surface area contributed by atoms with E-state index >= 15 is 0 Å². The van der Waals surface area contributed by atoms with E-state index in [-0.39, 0.29) is 11.9 Å². The van der Waals surface area contributed by atoms with Gasteiger partial charge in [0.15, 0.2) is 0 Å². The molecule has 2 rings (SSSR count). The number of hydrogen-bond acceptors (Lipinski definition) is 4. The monoisotopic (exact) mass is 287 g/mol. The van der Waals surface area contributed by atoms with Crippen molar-refractivity contribution in [1.82, 2.24) is 19.7 Å². The number of nitrogens with zero attached hydrogens (tertiary/aromatic N) is 4. The van der Waals surface area contributed by atoms with Crippen LogP contribution in [0.1, 0.15) is 31.4 Å². The molecule has 0 bridgehead atoms. The quantitative estimate of drug-likeness (QED) is 0.874. The molecule has 2 aromatic rings. The Kier molecular flexibility index (Phi) is 5.05. The van der Waals surface area contributed by atoms with Gasteiger partial charge in [0.25, 0.3) is 0 Å². The zero-order valence-corrected chi connectivity index (χ0v) is 12.4. The molecule has 6 nitrogen and oxygen atoms in total. The summed E-state index contributed by atoms with van der Waals surface area (Å²) in [6.45, 7) is 2.56. The predicted octanol–water partition coefficient (Wildman–Crippen LogP) is 1.53. The van der Waals surface area contributed by atoms with Crippen molar-refractivity contribution >= 4 is 5.91 Å². The number of hydrogen-bond donors (Lipinski definition) is 1. The molecule has 0 saturated carbocycles. The van der Waals surface area contributed by atoms with Crippen molar-refractivity contribution in [2.75, 3.05) is 13.6 Å². The molecule has 1 unspecified atom stereocenters. The van der Waals surface area contributed by atoms with Gasteiger partial charge in [0.2, 0.25) is 5.91 Å². The Balaban J connectivity index is 2.05. The molecule has 0 aliphatic rings. The maximum atomic E-state index is 12.0. The number of carbonyl (C=O) groups is 1. The smallest absolute Gasteiger partial charge is 0.222 e. The molecule has 1 atom stereocenters. The maximum absolute atomic E-state index is 12.0. The van der Waals surface area contributed by atoms with Crippen LogP contribution < -0.4 is 5.73 Å². The number of carbonyl (C=O) groups excluding carboxylic acids is 1. The summed E-state index contributed by atoms with van der Waals surface area (Å²) >= 11 is 0. The first-order chi connectivity index (χ1) is 10.1. The normalized spacial score (nSPS) is 12.1. The van der Waals surface area contributed by atoms with Crippen molar-refractivity contribution in [3.05, 3.63) is 42.5 Å². The minimum atomic E-state index is 0.0278. The minimum absolute atomic E-state index is 0.0278. The van der Waals surface area contributed by atoms with Gasteiger partial charge in [-0.05, 0) is 37.6 Å². The summed E-state index contributed by atoms with van der Waals surface area (Å²) in [7, 11) is 1.83. The van der Waals surface area contributed by atoms with Gasteiger partial charge in [0, 0.05) is 13.5 Å². The lowest BCUT2D eigenvalue weighted by molar-refractivity contribution is -0.131. The molecule has 0 spiro atoms. The van der Waals surface area contributed by atoms with Crippen LogP contribution in [0.5, 0.6) is 0 Å². The molecule has 1 aromatic carbocycles. The molecule has 0 aliphatic carbocycles. The highest BCUT2D eigenvalue weighted by Crippen LogP contribution is 2.21. The molecule has 0 fully saturated rings. The second-order valence-corrected chi connectivity index (χ2v) is 5.00. The number of aromatic nitrogens is 3. The summed E-state index contributed by atoms with van der Waals surface area (Å²) in [5, 5.41) is 4.09. The predicted molar refractivity (Wildman–Crippen MR) is 80.8 cm³/mol. The summed E-state index contributed by atoms with van der Waals surface area (Å²) in [6.07, 6.45) is 4.37. The SMILES string of the molecule is CC(c1ccc(-n2cncn2)cc1)N(C)C(=O)CCCN. The first kappa shape index (κ1) is 15.2. The van der Waals surface area contributed by atoms with Crippen LogP contribution >= 0.6 is 0 Å². The Morgan fingerprint density at radius 3 is 2.67 bits per heavy atom. The summed E-state index contributed by atoms with van der Waals surface area (Å²) in [6, 6.07) is 7.99. The highest BCUT2D eigenvalue weighted by Gasteiger charge is 2.16. The van der Waals surface area contributed by atoms with Crippen molar-refractivity contribution < 1.29 is 4.79 Å². The lowest BCUT2D eigenvalue weighted by Crippen LogP contribution is -2.29. The molecule has 112 valence electrons. The Labute approximate surface area is 124 Å². The van der Waals surface area contributed by atoms with Gasteiger partial charge in [-0.1, -0.05) is 12.1 Å². The molecule has 21 heavy (non-hydrogen) atoms. The fourth-order valence-corrected chi connectivity index (χ4v) is 2.12. The fourth-order valence-electron chi connectivity index (χ4n) is 2.12. The second-order valence-electron chi connectivity index (χ2n) is 5.00. The van der Waals surface area contributed by atoms with E-state index in [0.717, 1.165) is 17.7 Å². The molecule has 0 radical (unpaired) electrons. The maximum Gasteiger partial charge on any atom is 0.222 e. The molecule has 0 aliphatic heterocycles. The molecular weight excluding hydrogens is 266 g/mol. The van der Waals surface area contributed by atoms with Gasteiger partial charge in [0.1, 0.15) is 12.7 Å². The Bertz CT molecular complexity index is 564. The second kappa shape index (κ2) is 6.99.